The van der Waals surface area contributed by atoms with E-state index in [0.717, 1.165) is 30.8 Å². The van der Waals surface area contributed by atoms with E-state index < -0.39 is 0 Å². The van der Waals surface area contributed by atoms with E-state index >= 15 is 0 Å². The number of hydrogen-bond donors (Lipinski definition) is 1. The van der Waals surface area contributed by atoms with Crippen LogP contribution in [0, 0.1) is 6.92 Å². The molecule has 0 saturated carbocycles. The summed E-state index contributed by atoms with van der Waals surface area (Å²) in [4.78, 5) is 15.8. The number of nitrogens with zero attached hydrogens (tertiary/aromatic N) is 2. The molecule has 0 radical (unpaired) electrons. The highest BCUT2D eigenvalue weighted by atomic mass is 16.2. The van der Waals surface area contributed by atoms with E-state index in [9.17, 15) is 4.79 Å². The second-order valence-electron chi connectivity index (χ2n) is 4.91. The van der Waals surface area contributed by atoms with Crippen LogP contribution in [0.1, 0.15) is 17.5 Å². The van der Waals surface area contributed by atoms with Crippen LogP contribution in [-0.4, -0.2) is 37.5 Å². The van der Waals surface area contributed by atoms with Crippen molar-refractivity contribution in [1.82, 2.24) is 4.90 Å². The predicted molar refractivity (Wildman–Crippen MR) is 73.5 cm³/mol. The number of aryl methyl sites for hydroxylation is 1. The Morgan fingerprint density at radius 1 is 1.33 bits per heavy atom. The van der Waals surface area contributed by atoms with Crippen LogP contribution in [-0.2, 0) is 11.3 Å². The lowest BCUT2D eigenvalue weighted by atomic mass is 10.1. The van der Waals surface area contributed by atoms with Gasteiger partial charge in [0.15, 0.2) is 0 Å². The molecule has 18 heavy (non-hydrogen) atoms. The fourth-order valence-electron chi connectivity index (χ4n) is 2.31. The highest BCUT2D eigenvalue weighted by molar-refractivity contribution is 5.81. The molecule has 1 heterocycles. The van der Waals surface area contributed by atoms with Gasteiger partial charge in [-0.1, -0.05) is 6.07 Å². The summed E-state index contributed by atoms with van der Waals surface area (Å²) in [5, 5.41) is 0. The van der Waals surface area contributed by atoms with Crippen LogP contribution in [0.5, 0.6) is 0 Å². The molecule has 4 heteroatoms. The number of hydrogen-bond acceptors (Lipinski definition) is 3. The van der Waals surface area contributed by atoms with Crippen LogP contribution in [0.15, 0.2) is 18.2 Å². The van der Waals surface area contributed by atoms with Gasteiger partial charge in [0.25, 0.3) is 0 Å². The third kappa shape index (κ3) is 2.64. The molecule has 98 valence electrons. The van der Waals surface area contributed by atoms with E-state index in [0.29, 0.717) is 13.1 Å². The van der Waals surface area contributed by atoms with Gasteiger partial charge in [-0.25, -0.2) is 0 Å². The van der Waals surface area contributed by atoms with Crippen molar-refractivity contribution in [3.05, 3.63) is 29.3 Å². The van der Waals surface area contributed by atoms with Gasteiger partial charge >= 0.3 is 0 Å². The maximum atomic E-state index is 11.9. The zero-order valence-corrected chi connectivity index (χ0v) is 11.1. The standard InChI is InChI=1S/C14H21N3O/c1-11-8-13(5-4-12(11)9-15)17-7-3-6-16(2)14(18)10-17/h4-5,8H,3,6-7,9-10,15H2,1-2H3. The summed E-state index contributed by atoms with van der Waals surface area (Å²) in [6.07, 6.45) is 1.01. The van der Waals surface area contributed by atoms with Crippen molar-refractivity contribution in [3.8, 4) is 0 Å². The molecular weight excluding hydrogens is 226 g/mol. The van der Waals surface area contributed by atoms with Crippen molar-refractivity contribution in [1.29, 1.82) is 0 Å². The van der Waals surface area contributed by atoms with Crippen molar-refractivity contribution in [3.63, 3.8) is 0 Å². The lowest BCUT2D eigenvalue weighted by Crippen LogP contribution is -2.34. The molecule has 1 saturated heterocycles. The molecule has 1 fully saturated rings. The van der Waals surface area contributed by atoms with Gasteiger partial charge in [-0.15, -0.1) is 0 Å². The number of amides is 1. The molecule has 0 atom stereocenters. The molecule has 2 N–H and O–H groups in total. The number of benzene rings is 1. The van der Waals surface area contributed by atoms with Crippen LogP contribution in [0.2, 0.25) is 0 Å². The maximum absolute atomic E-state index is 11.9. The third-order valence-corrected chi connectivity index (χ3v) is 3.58. The number of anilines is 1. The molecule has 2 rings (SSSR count). The van der Waals surface area contributed by atoms with Gasteiger partial charge in [-0.05, 0) is 36.6 Å². The highest BCUT2D eigenvalue weighted by Gasteiger charge is 2.19. The first kappa shape index (κ1) is 12.9. The van der Waals surface area contributed by atoms with Gasteiger partial charge in [-0.3, -0.25) is 4.79 Å². The molecule has 0 aliphatic carbocycles. The second-order valence-corrected chi connectivity index (χ2v) is 4.91. The average Bonchev–Trinajstić information content (AvgIpc) is 2.52. The predicted octanol–water partition coefficient (Wildman–Crippen LogP) is 1.12. The lowest BCUT2D eigenvalue weighted by Gasteiger charge is -2.23. The Kier molecular flexibility index (Phi) is 3.87. The quantitative estimate of drug-likeness (QED) is 0.852. The SMILES string of the molecule is Cc1cc(N2CCCN(C)C(=O)C2)ccc1CN. The van der Waals surface area contributed by atoms with E-state index in [1.54, 1.807) is 4.90 Å². The first-order valence-electron chi connectivity index (χ1n) is 6.40. The van der Waals surface area contributed by atoms with Crippen molar-refractivity contribution >= 4 is 11.6 Å². The number of rotatable bonds is 2. The van der Waals surface area contributed by atoms with Crippen molar-refractivity contribution in [2.75, 3.05) is 31.6 Å². The summed E-state index contributed by atoms with van der Waals surface area (Å²) in [5.74, 6) is 0.188. The van der Waals surface area contributed by atoms with Crippen LogP contribution in [0.4, 0.5) is 5.69 Å². The fourth-order valence-corrected chi connectivity index (χ4v) is 2.31. The van der Waals surface area contributed by atoms with Crippen LogP contribution >= 0.6 is 0 Å². The molecular formula is C14H21N3O. The van der Waals surface area contributed by atoms with Gasteiger partial charge < -0.3 is 15.5 Å². The van der Waals surface area contributed by atoms with Gasteiger partial charge in [-0.2, -0.15) is 0 Å². The molecule has 4 nitrogen and oxygen atoms in total. The zero-order valence-electron chi connectivity index (χ0n) is 11.1. The van der Waals surface area contributed by atoms with Crippen LogP contribution in [0.25, 0.3) is 0 Å². The minimum atomic E-state index is 0.188. The highest BCUT2D eigenvalue weighted by Crippen LogP contribution is 2.20. The Morgan fingerprint density at radius 2 is 2.11 bits per heavy atom. The summed E-state index contributed by atoms with van der Waals surface area (Å²) in [5.41, 5.74) is 9.15. The molecule has 0 unspecified atom stereocenters. The van der Waals surface area contributed by atoms with E-state index in [-0.39, 0.29) is 5.91 Å². The van der Waals surface area contributed by atoms with Gasteiger partial charge in [0, 0.05) is 32.4 Å². The van der Waals surface area contributed by atoms with E-state index in [2.05, 4.69) is 30.0 Å². The van der Waals surface area contributed by atoms with Crippen molar-refractivity contribution in [2.24, 2.45) is 5.73 Å². The summed E-state index contributed by atoms with van der Waals surface area (Å²) in [6, 6.07) is 6.25. The number of carbonyl (C=O) groups excluding carboxylic acids is 1. The minimum Gasteiger partial charge on any atom is -0.362 e. The zero-order chi connectivity index (χ0) is 13.1. The topological polar surface area (TPSA) is 49.6 Å². The van der Waals surface area contributed by atoms with Crippen molar-refractivity contribution in [2.45, 2.75) is 19.9 Å². The number of likely N-dealkylation sites (N-methyl/N-ethyl adjacent to an activating group) is 1. The summed E-state index contributed by atoms with van der Waals surface area (Å²) >= 11 is 0. The Morgan fingerprint density at radius 3 is 2.78 bits per heavy atom. The smallest absolute Gasteiger partial charge is 0.241 e. The lowest BCUT2D eigenvalue weighted by molar-refractivity contribution is -0.127. The van der Waals surface area contributed by atoms with Gasteiger partial charge in [0.05, 0.1) is 6.54 Å². The fraction of sp³-hybridized carbons (Fsp3) is 0.500. The van der Waals surface area contributed by atoms with Crippen LogP contribution in [0.3, 0.4) is 0 Å². The van der Waals surface area contributed by atoms with E-state index in [1.807, 2.05) is 7.05 Å². The average molecular weight is 247 g/mol. The van der Waals surface area contributed by atoms with Gasteiger partial charge in [0.1, 0.15) is 0 Å². The largest absolute Gasteiger partial charge is 0.362 e. The van der Waals surface area contributed by atoms with Crippen molar-refractivity contribution < 1.29 is 4.79 Å². The Balaban J connectivity index is 2.20. The molecule has 1 aliphatic rings. The molecule has 0 aromatic heterocycles. The second kappa shape index (κ2) is 5.40. The first-order valence-corrected chi connectivity index (χ1v) is 6.40. The van der Waals surface area contributed by atoms with E-state index in [4.69, 9.17) is 5.73 Å². The summed E-state index contributed by atoms with van der Waals surface area (Å²) in [7, 11) is 1.87. The monoisotopic (exact) mass is 247 g/mol. The summed E-state index contributed by atoms with van der Waals surface area (Å²) < 4.78 is 0. The van der Waals surface area contributed by atoms with Crippen LogP contribution < -0.4 is 10.6 Å². The molecule has 1 amide bonds. The minimum absolute atomic E-state index is 0.188. The maximum Gasteiger partial charge on any atom is 0.241 e. The normalized spacial score (nSPS) is 16.9. The number of nitrogens with two attached hydrogens (primary N) is 1. The molecule has 1 aromatic carbocycles. The number of carbonyl (C=O) groups is 1. The summed E-state index contributed by atoms with van der Waals surface area (Å²) in [6.45, 7) is 4.87. The third-order valence-electron chi connectivity index (χ3n) is 3.58. The molecule has 0 bridgehead atoms. The van der Waals surface area contributed by atoms with Gasteiger partial charge in [0.2, 0.25) is 5.91 Å². The molecule has 0 spiro atoms. The Labute approximate surface area is 108 Å². The Bertz CT molecular complexity index is 445. The molecule has 1 aliphatic heterocycles. The molecule has 1 aromatic rings. The van der Waals surface area contributed by atoms with E-state index in [1.165, 1.54) is 5.56 Å². The first-order chi connectivity index (χ1) is 8.61. The Hall–Kier alpha value is -1.55.